The molecule has 0 unspecified atom stereocenters. The van der Waals surface area contributed by atoms with Crippen molar-refractivity contribution in [2.75, 3.05) is 20.3 Å². The Morgan fingerprint density at radius 1 is 1.38 bits per heavy atom. The summed E-state index contributed by atoms with van der Waals surface area (Å²) < 4.78 is 15.9. The van der Waals surface area contributed by atoms with Crippen LogP contribution < -0.4 is 9.47 Å². The zero-order valence-corrected chi connectivity index (χ0v) is 12.8. The molecule has 21 heavy (non-hydrogen) atoms. The van der Waals surface area contributed by atoms with Gasteiger partial charge in [-0.1, -0.05) is 11.6 Å². The van der Waals surface area contributed by atoms with Crippen molar-refractivity contribution in [1.82, 2.24) is 4.98 Å². The number of fused-ring (bicyclic) bond motifs is 1. The standard InChI is InChI=1S/C14H12ClNO4S/c1-18-14(17)11-7-16-13(21-11)8-5-9(15)12-10(6-8)19-3-2-4-20-12/h5-7H,2-4H2,1H3. The molecule has 110 valence electrons. The molecule has 2 aromatic rings. The van der Waals surface area contributed by atoms with E-state index in [0.29, 0.717) is 39.6 Å². The van der Waals surface area contributed by atoms with Gasteiger partial charge in [0.15, 0.2) is 11.5 Å². The summed E-state index contributed by atoms with van der Waals surface area (Å²) in [5.41, 5.74) is 0.782. The summed E-state index contributed by atoms with van der Waals surface area (Å²) in [5, 5.41) is 1.15. The first-order valence-corrected chi connectivity index (χ1v) is 7.52. The number of carbonyl (C=O) groups is 1. The van der Waals surface area contributed by atoms with Gasteiger partial charge in [-0.2, -0.15) is 0 Å². The van der Waals surface area contributed by atoms with Gasteiger partial charge in [-0.25, -0.2) is 9.78 Å². The Hall–Kier alpha value is -1.79. The van der Waals surface area contributed by atoms with Gasteiger partial charge in [-0.15, -0.1) is 11.3 Å². The minimum Gasteiger partial charge on any atom is -0.489 e. The fourth-order valence-electron chi connectivity index (χ4n) is 1.96. The Morgan fingerprint density at radius 2 is 2.19 bits per heavy atom. The average molecular weight is 326 g/mol. The molecule has 1 aliphatic heterocycles. The lowest BCUT2D eigenvalue weighted by Gasteiger charge is -2.10. The second-order valence-corrected chi connectivity index (χ2v) is 5.79. The van der Waals surface area contributed by atoms with Crippen LogP contribution in [-0.4, -0.2) is 31.3 Å². The maximum atomic E-state index is 11.5. The topological polar surface area (TPSA) is 57.7 Å². The number of methoxy groups -OCH3 is 1. The summed E-state index contributed by atoms with van der Waals surface area (Å²) in [4.78, 5) is 16.2. The lowest BCUT2D eigenvalue weighted by molar-refractivity contribution is 0.0606. The maximum absolute atomic E-state index is 11.5. The largest absolute Gasteiger partial charge is 0.489 e. The van der Waals surface area contributed by atoms with E-state index >= 15 is 0 Å². The molecule has 0 fully saturated rings. The molecule has 0 N–H and O–H groups in total. The number of halogens is 1. The summed E-state index contributed by atoms with van der Waals surface area (Å²) in [6.45, 7) is 1.16. The van der Waals surface area contributed by atoms with Gasteiger partial charge in [0, 0.05) is 12.0 Å². The van der Waals surface area contributed by atoms with Crippen LogP contribution in [0.5, 0.6) is 11.5 Å². The van der Waals surface area contributed by atoms with Crippen LogP contribution in [0, 0.1) is 0 Å². The van der Waals surface area contributed by atoms with Crippen LogP contribution in [0.2, 0.25) is 5.02 Å². The van der Waals surface area contributed by atoms with E-state index in [9.17, 15) is 4.79 Å². The van der Waals surface area contributed by atoms with Crippen LogP contribution in [0.25, 0.3) is 10.6 Å². The molecular formula is C14H12ClNO4S. The van der Waals surface area contributed by atoms with Gasteiger partial charge in [-0.05, 0) is 12.1 Å². The molecular weight excluding hydrogens is 314 g/mol. The van der Waals surface area contributed by atoms with Crippen molar-refractivity contribution in [3.05, 3.63) is 28.2 Å². The monoisotopic (exact) mass is 325 g/mol. The summed E-state index contributed by atoms with van der Waals surface area (Å²) in [7, 11) is 1.34. The third-order valence-corrected chi connectivity index (χ3v) is 4.25. The Bertz CT molecular complexity index is 686. The van der Waals surface area contributed by atoms with Crippen molar-refractivity contribution in [3.63, 3.8) is 0 Å². The zero-order chi connectivity index (χ0) is 14.8. The summed E-state index contributed by atoms with van der Waals surface area (Å²) in [5.74, 6) is 0.756. The molecule has 0 spiro atoms. The van der Waals surface area contributed by atoms with Crippen molar-refractivity contribution in [1.29, 1.82) is 0 Å². The highest BCUT2D eigenvalue weighted by Crippen LogP contribution is 2.41. The second-order valence-electron chi connectivity index (χ2n) is 4.36. The molecule has 0 radical (unpaired) electrons. The number of rotatable bonds is 2. The second kappa shape index (κ2) is 5.91. The highest BCUT2D eigenvalue weighted by molar-refractivity contribution is 7.16. The van der Waals surface area contributed by atoms with Gasteiger partial charge >= 0.3 is 5.97 Å². The molecule has 1 aliphatic rings. The van der Waals surface area contributed by atoms with Crippen molar-refractivity contribution in [2.24, 2.45) is 0 Å². The molecule has 0 saturated heterocycles. The van der Waals surface area contributed by atoms with Gasteiger partial charge < -0.3 is 14.2 Å². The molecule has 0 amide bonds. The average Bonchev–Trinajstić information content (AvgIpc) is 2.86. The lowest BCUT2D eigenvalue weighted by atomic mass is 10.2. The minimum atomic E-state index is -0.404. The van der Waals surface area contributed by atoms with E-state index in [1.165, 1.54) is 24.6 Å². The Labute approximate surface area is 130 Å². The number of esters is 1. The van der Waals surface area contributed by atoms with Gasteiger partial charge in [0.2, 0.25) is 0 Å². The minimum absolute atomic E-state index is 0.404. The highest BCUT2D eigenvalue weighted by atomic mass is 35.5. The van der Waals surface area contributed by atoms with Gasteiger partial charge in [-0.3, -0.25) is 0 Å². The smallest absolute Gasteiger partial charge is 0.349 e. The van der Waals surface area contributed by atoms with E-state index in [4.69, 9.17) is 21.1 Å². The number of hydrogen-bond donors (Lipinski definition) is 0. The number of thiazole rings is 1. The van der Waals surface area contributed by atoms with Crippen LogP contribution in [0.1, 0.15) is 16.1 Å². The molecule has 2 heterocycles. The zero-order valence-electron chi connectivity index (χ0n) is 11.2. The summed E-state index contributed by atoms with van der Waals surface area (Å²) >= 11 is 7.49. The predicted molar refractivity (Wildman–Crippen MR) is 79.5 cm³/mol. The van der Waals surface area contributed by atoms with Crippen LogP contribution in [0.4, 0.5) is 0 Å². The van der Waals surface area contributed by atoms with Crippen molar-refractivity contribution < 1.29 is 19.0 Å². The number of hydrogen-bond acceptors (Lipinski definition) is 6. The number of carbonyl (C=O) groups excluding carboxylic acids is 1. The quantitative estimate of drug-likeness (QED) is 0.792. The number of aromatic nitrogens is 1. The first-order chi connectivity index (χ1) is 10.2. The van der Waals surface area contributed by atoms with E-state index in [0.717, 1.165) is 12.0 Å². The Morgan fingerprint density at radius 3 is 3.00 bits per heavy atom. The molecule has 0 atom stereocenters. The van der Waals surface area contributed by atoms with Gasteiger partial charge in [0.1, 0.15) is 9.88 Å². The van der Waals surface area contributed by atoms with E-state index in [2.05, 4.69) is 9.72 Å². The predicted octanol–water partition coefficient (Wildman–Crippen LogP) is 3.41. The van der Waals surface area contributed by atoms with Crippen LogP contribution >= 0.6 is 22.9 Å². The molecule has 7 heteroatoms. The third-order valence-electron chi connectivity index (χ3n) is 2.94. The number of ether oxygens (including phenoxy) is 3. The van der Waals surface area contributed by atoms with E-state index in [1.807, 2.05) is 6.07 Å². The Balaban J connectivity index is 1.99. The highest BCUT2D eigenvalue weighted by Gasteiger charge is 2.18. The van der Waals surface area contributed by atoms with Crippen LogP contribution in [-0.2, 0) is 4.74 Å². The summed E-state index contributed by atoms with van der Waals surface area (Å²) in [6, 6.07) is 3.58. The first-order valence-electron chi connectivity index (χ1n) is 6.32. The fourth-order valence-corrected chi connectivity index (χ4v) is 3.04. The van der Waals surface area contributed by atoms with Gasteiger partial charge in [0.05, 0.1) is 31.5 Å². The third kappa shape index (κ3) is 2.82. The fraction of sp³-hybridized carbons (Fsp3) is 0.286. The number of benzene rings is 1. The lowest BCUT2D eigenvalue weighted by Crippen LogP contribution is -1.97. The van der Waals surface area contributed by atoms with Crippen molar-refractivity contribution in [3.8, 4) is 22.1 Å². The molecule has 0 aliphatic carbocycles. The molecule has 0 bridgehead atoms. The van der Waals surface area contributed by atoms with E-state index in [-0.39, 0.29) is 0 Å². The van der Waals surface area contributed by atoms with Gasteiger partial charge in [0.25, 0.3) is 0 Å². The normalized spacial score (nSPS) is 13.6. The van der Waals surface area contributed by atoms with E-state index < -0.39 is 5.97 Å². The molecule has 3 rings (SSSR count). The Kier molecular flexibility index (Phi) is 3.98. The van der Waals surface area contributed by atoms with Crippen LogP contribution in [0.15, 0.2) is 18.3 Å². The molecule has 1 aromatic carbocycles. The number of nitrogens with zero attached hydrogens (tertiary/aromatic N) is 1. The van der Waals surface area contributed by atoms with Crippen molar-refractivity contribution in [2.45, 2.75) is 6.42 Å². The van der Waals surface area contributed by atoms with Crippen molar-refractivity contribution >= 4 is 28.9 Å². The first kappa shape index (κ1) is 14.2. The maximum Gasteiger partial charge on any atom is 0.349 e. The molecule has 1 aromatic heterocycles. The molecule has 5 nitrogen and oxygen atoms in total. The van der Waals surface area contributed by atoms with Crippen LogP contribution in [0.3, 0.4) is 0 Å². The van der Waals surface area contributed by atoms with E-state index in [1.54, 1.807) is 6.07 Å². The SMILES string of the molecule is COC(=O)c1cnc(-c2cc(Cl)c3c(c2)OCCCO3)s1. The molecule has 0 saturated carbocycles. The summed E-state index contributed by atoms with van der Waals surface area (Å²) in [6.07, 6.45) is 2.30.